The van der Waals surface area contributed by atoms with Crippen molar-refractivity contribution in [1.29, 1.82) is 0 Å². The molecule has 0 saturated heterocycles. The van der Waals surface area contributed by atoms with Crippen molar-refractivity contribution in [2.24, 2.45) is 28.8 Å². The third-order valence-corrected chi connectivity index (χ3v) is 12.1. The molecule has 6 unspecified atom stereocenters. The van der Waals surface area contributed by atoms with Crippen molar-refractivity contribution in [3.05, 3.63) is 124 Å². The smallest absolute Gasteiger partial charge is 0.269 e. The molecule has 2 fully saturated rings. The predicted octanol–water partition coefficient (Wildman–Crippen LogP) is 7.71. The van der Waals surface area contributed by atoms with Crippen molar-refractivity contribution < 1.29 is 43.7 Å². The molecule has 1 heterocycles. The summed E-state index contributed by atoms with van der Waals surface area (Å²) in [5.41, 5.74) is 3.62. The number of nitro benzene ring substituents is 1. The molecule has 1 amide bonds. The van der Waals surface area contributed by atoms with Gasteiger partial charge in [0.05, 0.1) is 23.2 Å². The predicted molar refractivity (Wildman–Crippen MR) is 214 cm³/mol. The van der Waals surface area contributed by atoms with Crippen LogP contribution in [0.3, 0.4) is 0 Å². The van der Waals surface area contributed by atoms with Gasteiger partial charge in [0.1, 0.15) is 30.0 Å². The topological polar surface area (TPSA) is 164 Å². The number of benzene rings is 3. The fourth-order valence-electron chi connectivity index (χ4n) is 9.25. The second-order valence-corrected chi connectivity index (χ2v) is 15.9. The van der Waals surface area contributed by atoms with Gasteiger partial charge in [-0.2, -0.15) is 0 Å². The lowest BCUT2D eigenvalue weighted by atomic mass is 9.55. The van der Waals surface area contributed by atoms with Gasteiger partial charge in [0.25, 0.3) is 5.69 Å². The lowest BCUT2D eigenvalue weighted by Crippen LogP contribution is -2.70. The number of fused-ring (bicyclic) bond motifs is 2. The van der Waals surface area contributed by atoms with Crippen molar-refractivity contribution in [2.45, 2.75) is 88.7 Å². The number of carbonyl (C=O) groups excluding carboxylic acids is 1. The van der Waals surface area contributed by atoms with Crippen molar-refractivity contribution in [2.75, 3.05) is 19.8 Å². The number of amides is 1. The number of ether oxygens (including phenoxy) is 2. The molecule has 7 rings (SSSR count). The monoisotopic (exact) mass is 797 g/mol. The highest BCUT2D eigenvalue weighted by molar-refractivity contribution is 6.03. The Morgan fingerprint density at radius 3 is 2.40 bits per heavy atom. The fourth-order valence-corrected chi connectivity index (χ4v) is 9.25. The second kappa shape index (κ2) is 18.2. The highest BCUT2D eigenvalue weighted by Gasteiger charge is 2.66. The van der Waals surface area contributed by atoms with Crippen LogP contribution >= 0.6 is 0 Å². The average molecular weight is 798 g/mol. The van der Waals surface area contributed by atoms with Crippen LogP contribution in [0.1, 0.15) is 80.4 Å². The molecule has 6 atom stereocenters. The van der Waals surface area contributed by atoms with Crippen LogP contribution in [0.4, 0.5) is 10.1 Å². The van der Waals surface area contributed by atoms with E-state index < -0.39 is 22.7 Å². The summed E-state index contributed by atoms with van der Waals surface area (Å²) >= 11 is 0. The van der Waals surface area contributed by atoms with Gasteiger partial charge in [-0.1, -0.05) is 42.3 Å². The van der Waals surface area contributed by atoms with Crippen LogP contribution < -0.4 is 4.74 Å². The van der Waals surface area contributed by atoms with E-state index in [1.54, 1.807) is 48.5 Å². The molecule has 58 heavy (non-hydrogen) atoms. The van der Waals surface area contributed by atoms with E-state index in [0.717, 1.165) is 55.2 Å². The number of nitro groups is 1. The maximum Gasteiger partial charge on any atom is 0.269 e. The minimum Gasteiger partial charge on any atom is -0.508 e. The van der Waals surface area contributed by atoms with E-state index in [2.05, 4.69) is 12.7 Å². The van der Waals surface area contributed by atoms with Crippen LogP contribution in [0.15, 0.2) is 96.2 Å². The Balaban J connectivity index is 1.41. The van der Waals surface area contributed by atoms with E-state index in [4.69, 9.17) is 19.5 Å². The molecule has 3 N–H and O–H groups in total. The molecule has 3 aromatic carbocycles. The number of nitrogens with zero attached hydrogens (tertiary/aromatic N) is 3. The summed E-state index contributed by atoms with van der Waals surface area (Å²) < 4.78 is 28.3. The molecule has 12 nitrogen and oxygen atoms in total. The number of phenolic OH excluding ortho intramolecular Hbond substituents is 1. The van der Waals surface area contributed by atoms with Gasteiger partial charge < -0.3 is 34.5 Å². The van der Waals surface area contributed by atoms with Gasteiger partial charge in [0.15, 0.2) is 0 Å². The Labute approximate surface area is 337 Å². The van der Waals surface area contributed by atoms with Crippen LogP contribution in [0.2, 0.25) is 0 Å². The SMILES string of the molecule is C=CCOC12Oc3ccc(O)cc3C3C(CCCCO)C(CCCCO)C=C(C(=NOCc4ccc([N+](=O)[O-])cc4)CC1N(Cc1ccc(F)cc1)C(=O)C1CC1)C32. The molecule has 0 radical (unpaired) electrons. The Morgan fingerprint density at radius 2 is 1.72 bits per heavy atom. The van der Waals surface area contributed by atoms with Crippen LogP contribution in [0, 0.1) is 39.6 Å². The maximum absolute atomic E-state index is 14.6. The lowest BCUT2D eigenvalue weighted by molar-refractivity contribution is -0.384. The molecule has 13 heteroatoms. The number of aromatic hydroxyl groups is 1. The molecule has 2 saturated carbocycles. The highest BCUT2D eigenvalue weighted by Crippen LogP contribution is 2.62. The van der Waals surface area contributed by atoms with Gasteiger partial charge in [-0.15, -0.1) is 6.58 Å². The summed E-state index contributed by atoms with van der Waals surface area (Å²) in [5, 5.41) is 46.7. The van der Waals surface area contributed by atoms with Crippen molar-refractivity contribution in [3.8, 4) is 11.5 Å². The zero-order valence-electron chi connectivity index (χ0n) is 32.6. The first kappa shape index (κ1) is 41.1. The molecule has 4 aliphatic rings. The number of non-ortho nitro benzene ring substituents is 1. The minimum atomic E-state index is -1.47. The summed E-state index contributed by atoms with van der Waals surface area (Å²) in [4.78, 5) is 33.4. The fraction of sp³-hybridized carbons (Fsp3) is 0.467. The minimum absolute atomic E-state index is 0.00623. The van der Waals surface area contributed by atoms with Gasteiger partial charge in [0, 0.05) is 55.7 Å². The number of hydrogen-bond acceptors (Lipinski definition) is 10. The Morgan fingerprint density at radius 1 is 1.02 bits per heavy atom. The zero-order valence-corrected chi connectivity index (χ0v) is 32.6. The molecule has 308 valence electrons. The van der Waals surface area contributed by atoms with Crippen LogP contribution in [0.25, 0.3) is 0 Å². The zero-order chi connectivity index (χ0) is 40.8. The molecule has 0 spiro atoms. The molecule has 3 aliphatic carbocycles. The number of aliphatic hydroxyl groups is 2. The summed E-state index contributed by atoms with van der Waals surface area (Å²) in [6.07, 6.45) is 9.84. The van der Waals surface area contributed by atoms with Gasteiger partial charge in [-0.3, -0.25) is 14.9 Å². The number of carbonyl (C=O) groups is 1. The van der Waals surface area contributed by atoms with E-state index in [0.29, 0.717) is 29.9 Å². The summed E-state index contributed by atoms with van der Waals surface area (Å²) in [7, 11) is 0. The van der Waals surface area contributed by atoms with E-state index in [1.165, 1.54) is 24.3 Å². The van der Waals surface area contributed by atoms with Gasteiger partial charge in [0.2, 0.25) is 11.7 Å². The van der Waals surface area contributed by atoms with E-state index in [1.807, 2.05) is 4.90 Å². The number of rotatable bonds is 19. The number of oxime groups is 1. The number of halogens is 1. The van der Waals surface area contributed by atoms with E-state index in [9.17, 15) is 34.6 Å². The normalized spacial score (nSPS) is 25.2. The quantitative estimate of drug-likeness (QED) is 0.0477. The Bertz CT molecular complexity index is 2000. The molecule has 0 aromatic heterocycles. The number of aliphatic hydroxyl groups excluding tert-OH is 2. The van der Waals surface area contributed by atoms with Gasteiger partial charge >= 0.3 is 0 Å². The first-order chi connectivity index (χ1) is 28.2. The third-order valence-electron chi connectivity index (χ3n) is 12.1. The Hall–Kier alpha value is -5.11. The largest absolute Gasteiger partial charge is 0.508 e. The van der Waals surface area contributed by atoms with Crippen molar-refractivity contribution >= 4 is 17.3 Å². The summed E-state index contributed by atoms with van der Waals surface area (Å²) in [6.45, 7) is 4.38. The Kier molecular flexibility index (Phi) is 12.9. The average Bonchev–Trinajstić information content (AvgIpc) is 4.08. The van der Waals surface area contributed by atoms with Crippen LogP contribution in [-0.4, -0.2) is 68.4 Å². The van der Waals surface area contributed by atoms with Crippen molar-refractivity contribution in [3.63, 3.8) is 0 Å². The number of unbranched alkanes of at least 4 members (excludes halogenated alkanes) is 2. The molecule has 3 aromatic rings. The number of phenols is 1. The summed E-state index contributed by atoms with van der Waals surface area (Å²) in [5.74, 6) is -2.36. The van der Waals surface area contributed by atoms with Gasteiger partial charge in [-0.05, 0) is 110 Å². The van der Waals surface area contributed by atoms with Gasteiger partial charge in [-0.25, -0.2) is 4.39 Å². The number of hydrogen-bond donors (Lipinski definition) is 3. The van der Waals surface area contributed by atoms with E-state index >= 15 is 0 Å². The lowest BCUT2D eigenvalue weighted by Gasteiger charge is -2.60. The maximum atomic E-state index is 14.6. The first-order valence-electron chi connectivity index (χ1n) is 20.3. The van der Waals surface area contributed by atoms with E-state index in [-0.39, 0.29) is 86.2 Å². The van der Waals surface area contributed by atoms with Crippen LogP contribution in [-0.2, 0) is 27.5 Å². The standard InChI is InChI=1S/C45H52FN3O9/c1-2-23-56-45-41(48(44(53)31-13-14-31)27-29-9-15-33(46)16-10-29)26-39(47-57-28-30-11-17-34(18-12-30)49(54)55)37-24-32(7-3-5-21-50)36(8-4-6-22-51)42(43(37)45)38-25-35(52)19-20-40(38)58-45/h2,9-12,15-20,24-25,31-32,36,41-43,50-52H,1,3-8,13-14,21-23,26-28H2. The van der Waals surface area contributed by atoms with Crippen LogP contribution in [0.5, 0.6) is 11.5 Å². The third kappa shape index (κ3) is 8.67. The first-order valence-corrected chi connectivity index (χ1v) is 20.3. The molecule has 0 bridgehead atoms. The molecular weight excluding hydrogens is 746 g/mol. The second-order valence-electron chi connectivity index (χ2n) is 15.9. The highest BCUT2D eigenvalue weighted by atomic mass is 19.1. The summed E-state index contributed by atoms with van der Waals surface area (Å²) in [6, 6.07) is 16.5. The molecular formula is C45H52FN3O9. The molecule has 1 aliphatic heterocycles. The van der Waals surface area contributed by atoms with Crippen molar-refractivity contribution in [1.82, 2.24) is 4.90 Å². The number of allylic oxidation sites excluding steroid dienone is 1.